The van der Waals surface area contributed by atoms with Crippen LogP contribution in [0.1, 0.15) is 6.42 Å². The van der Waals surface area contributed by atoms with E-state index < -0.39 is 0 Å². The molecule has 15 heavy (non-hydrogen) atoms. The number of nitrogens with zero attached hydrogens (tertiary/aromatic N) is 1. The van der Waals surface area contributed by atoms with Gasteiger partial charge < -0.3 is 4.98 Å². The van der Waals surface area contributed by atoms with Gasteiger partial charge in [-0.05, 0) is 6.07 Å². The standard InChI is InChI=1S/C11H10N2O2/c1-2-8-6-11(15)13(7-8)9-4-3-5-10(14)12-9/h1,3-5,8H,6-7H2,(H,12,14). The molecule has 1 unspecified atom stereocenters. The number of carbonyl (C=O) groups excluding carboxylic acids is 1. The Bertz CT molecular complexity index is 484. The minimum absolute atomic E-state index is 0.0419. The van der Waals surface area contributed by atoms with Crippen molar-refractivity contribution in [1.82, 2.24) is 4.98 Å². The van der Waals surface area contributed by atoms with Gasteiger partial charge in [-0.15, -0.1) is 12.3 Å². The lowest BCUT2D eigenvalue weighted by Gasteiger charge is -2.14. The molecule has 1 aliphatic rings. The number of terminal acetylenes is 1. The topological polar surface area (TPSA) is 53.2 Å². The predicted octanol–water partition coefficient (Wildman–Crippen LogP) is 0.361. The van der Waals surface area contributed by atoms with Crippen molar-refractivity contribution in [2.45, 2.75) is 6.42 Å². The van der Waals surface area contributed by atoms with Crippen LogP contribution in [-0.2, 0) is 4.79 Å². The van der Waals surface area contributed by atoms with E-state index in [9.17, 15) is 9.59 Å². The fourth-order valence-electron chi connectivity index (χ4n) is 1.65. The molecule has 1 aliphatic heterocycles. The molecule has 0 aromatic carbocycles. The van der Waals surface area contributed by atoms with Gasteiger partial charge in [0, 0.05) is 24.9 Å². The average molecular weight is 202 g/mol. The van der Waals surface area contributed by atoms with Crippen molar-refractivity contribution in [3.05, 3.63) is 28.6 Å². The zero-order valence-electron chi connectivity index (χ0n) is 8.06. The first-order chi connectivity index (χ1) is 7.20. The minimum Gasteiger partial charge on any atom is -0.308 e. The van der Waals surface area contributed by atoms with Gasteiger partial charge >= 0.3 is 0 Å². The number of rotatable bonds is 1. The lowest BCUT2D eigenvalue weighted by molar-refractivity contribution is -0.117. The van der Waals surface area contributed by atoms with E-state index in [4.69, 9.17) is 6.42 Å². The van der Waals surface area contributed by atoms with E-state index in [1.54, 1.807) is 12.1 Å². The summed E-state index contributed by atoms with van der Waals surface area (Å²) in [5.74, 6) is 2.98. The van der Waals surface area contributed by atoms with Gasteiger partial charge in [0.05, 0.1) is 0 Å². The normalized spacial score (nSPS) is 20.3. The lowest BCUT2D eigenvalue weighted by atomic mass is 10.1. The van der Waals surface area contributed by atoms with Crippen LogP contribution in [0.2, 0.25) is 0 Å². The highest BCUT2D eigenvalue weighted by Crippen LogP contribution is 2.21. The van der Waals surface area contributed by atoms with Crippen molar-refractivity contribution >= 4 is 11.7 Å². The summed E-state index contributed by atoms with van der Waals surface area (Å²) in [6.07, 6.45) is 5.62. The molecule has 1 saturated heterocycles. The van der Waals surface area contributed by atoms with Crippen LogP contribution >= 0.6 is 0 Å². The third-order valence-corrected chi connectivity index (χ3v) is 2.40. The molecule has 0 bridgehead atoms. The maximum absolute atomic E-state index is 11.6. The summed E-state index contributed by atoms with van der Waals surface area (Å²) < 4.78 is 0. The summed E-state index contributed by atoms with van der Waals surface area (Å²) in [5, 5.41) is 0. The second kappa shape index (κ2) is 3.62. The molecule has 4 heteroatoms. The molecule has 1 amide bonds. The number of aromatic amines is 1. The number of pyridine rings is 1. The van der Waals surface area contributed by atoms with Gasteiger partial charge in [-0.25, -0.2) is 0 Å². The van der Waals surface area contributed by atoms with E-state index in [2.05, 4.69) is 10.9 Å². The Kier molecular flexibility index (Phi) is 2.30. The van der Waals surface area contributed by atoms with Crippen LogP contribution in [0.25, 0.3) is 0 Å². The Labute approximate surface area is 86.9 Å². The Balaban J connectivity index is 2.30. The molecule has 1 fully saturated rings. The summed E-state index contributed by atoms with van der Waals surface area (Å²) in [7, 11) is 0. The zero-order chi connectivity index (χ0) is 10.8. The number of amides is 1. The van der Waals surface area contributed by atoms with Crippen molar-refractivity contribution in [1.29, 1.82) is 0 Å². The highest BCUT2D eigenvalue weighted by atomic mass is 16.2. The second-order valence-corrected chi connectivity index (χ2v) is 3.47. The van der Waals surface area contributed by atoms with Crippen molar-refractivity contribution < 1.29 is 4.79 Å². The van der Waals surface area contributed by atoms with Crippen LogP contribution in [0.15, 0.2) is 23.0 Å². The molecule has 0 spiro atoms. The molecule has 0 radical (unpaired) electrons. The van der Waals surface area contributed by atoms with Gasteiger partial charge in [0.25, 0.3) is 0 Å². The molecular formula is C11H10N2O2. The monoisotopic (exact) mass is 202 g/mol. The first kappa shape index (κ1) is 9.53. The highest BCUT2D eigenvalue weighted by molar-refractivity contribution is 5.95. The largest absolute Gasteiger partial charge is 0.308 e. The summed E-state index contributed by atoms with van der Waals surface area (Å²) in [6.45, 7) is 0.481. The Morgan fingerprint density at radius 1 is 1.47 bits per heavy atom. The fraction of sp³-hybridized carbons (Fsp3) is 0.273. The predicted molar refractivity (Wildman–Crippen MR) is 56.4 cm³/mol. The molecule has 76 valence electrons. The number of aromatic nitrogens is 1. The van der Waals surface area contributed by atoms with Crippen LogP contribution < -0.4 is 10.5 Å². The number of hydrogen-bond acceptors (Lipinski definition) is 2. The van der Waals surface area contributed by atoms with Crippen LogP contribution in [0.3, 0.4) is 0 Å². The van der Waals surface area contributed by atoms with Gasteiger partial charge in [0.15, 0.2) is 0 Å². The van der Waals surface area contributed by atoms with Crippen molar-refractivity contribution in [3.8, 4) is 12.3 Å². The van der Waals surface area contributed by atoms with E-state index in [0.717, 1.165) is 0 Å². The first-order valence-corrected chi connectivity index (χ1v) is 4.66. The molecule has 2 heterocycles. The SMILES string of the molecule is C#CC1CC(=O)N(c2cccc(=O)[nH]2)C1. The Morgan fingerprint density at radius 2 is 2.27 bits per heavy atom. The quantitative estimate of drug-likeness (QED) is 0.668. The molecule has 1 atom stereocenters. The minimum atomic E-state index is -0.218. The first-order valence-electron chi connectivity index (χ1n) is 4.66. The average Bonchev–Trinajstić information content (AvgIpc) is 2.60. The second-order valence-electron chi connectivity index (χ2n) is 3.47. The van der Waals surface area contributed by atoms with Crippen molar-refractivity contribution in [2.24, 2.45) is 5.92 Å². The molecule has 2 rings (SSSR count). The summed E-state index contributed by atoms with van der Waals surface area (Å²) in [5.41, 5.74) is -0.218. The number of H-pyrrole nitrogens is 1. The summed E-state index contributed by atoms with van der Waals surface area (Å²) in [4.78, 5) is 26.8. The molecule has 4 nitrogen and oxygen atoms in total. The van der Waals surface area contributed by atoms with Crippen LogP contribution in [0.4, 0.5) is 5.82 Å². The maximum Gasteiger partial charge on any atom is 0.249 e. The molecule has 1 aromatic rings. The van der Waals surface area contributed by atoms with E-state index in [-0.39, 0.29) is 17.4 Å². The van der Waals surface area contributed by atoms with Crippen molar-refractivity contribution in [2.75, 3.05) is 11.4 Å². The fourth-order valence-corrected chi connectivity index (χ4v) is 1.65. The van der Waals surface area contributed by atoms with Crippen LogP contribution in [0.5, 0.6) is 0 Å². The molecule has 1 aromatic heterocycles. The number of carbonyl (C=O) groups is 1. The van der Waals surface area contributed by atoms with E-state index in [1.807, 2.05) is 0 Å². The Morgan fingerprint density at radius 3 is 2.87 bits per heavy atom. The molecular weight excluding hydrogens is 192 g/mol. The third-order valence-electron chi connectivity index (χ3n) is 2.40. The van der Waals surface area contributed by atoms with Gasteiger partial charge in [-0.2, -0.15) is 0 Å². The van der Waals surface area contributed by atoms with E-state index >= 15 is 0 Å². The van der Waals surface area contributed by atoms with Gasteiger partial charge in [0.1, 0.15) is 5.82 Å². The van der Waals surface area contributed by atoms with Gasteiger partial charge in [0.2, 0.25) is 11.5 Å². The van der Waals surface area contributed by atoms with Gasteiger partial charge in [-0.1, -0.05) is 6.07 Å². The summed E-state index contributed by atoms with van der Waals surface area (Å²) in [6, 6.07) is 4.71. The van der Waals surface area contributed by atoms with Crippen LogP contribution in [-0.4, -0.2) is 17.4 Å². The zero-order valence-corrected chi connectivity index (χ0v) is 8.06. The van der Waals surface area contributed by atoms with Crippen molar-refractivity contribution in [3.63, 3.8) is 0 Å². The number of nitrogens with one attached hydrogen (secondary N) is 1. The van der Waals surface area contributed by atoms with E-state index in [0.29, 0.717) is 18.8 Å². The van der Waals surface area contributed by atoms with Gasteiger partial charge in [-0.3, -0.25) is 14.5 Å². The number of hydrogen-bond donors (Lipinski definition) is 1. The summed E-state index contributed by atoms with van der Waals surface area (Å²) >= 11 is 0. The Hall–Kier alpha value is -2.02. The molecule has 0 aliphatic carbocycles. The van der Waals surface area contributed by atoms with E-state index in [1.165, 1.54) is 11.0 Å². The third kappa shape index (κ3) is 1.77. The number of anilines is 1. The van der Waals surface area contributed by atoms with Crippen LogP contribution in [0, 0.1) is 18.3 Å². The highest BCUT2D eigenvalue weighted by Gasteiger charge is 2.29. The molecule has 1 N–H and O–H groups in total. The maximum atomic E-state index is 11.6. The molecule has 0 saturated carbocycles. The smallest absolute Gasteiger partial charge is 0.249 e. The lowest BCUT2D eigenvalue weighted by Crippen LogP contribution is -2.27.